The maximum atomic E-state index is 5.54. The molecule has 15 heavy (non-hydrogen) atoms. The predicted octanol–water partition coefficient (Wildman–Crippen LogP) is 4.50. The van der Waals surface area contributed by atoms with Crippen molar-refractivity contribution in [1.29, 1.82) is 0 Å². The molecule has 1 nitrogen and oxygen atoms in total. The Balaban J connectivity index is 2.86. The zero-order valence-electron chi connectivity index (χ0n) is 10.0. The molecule has 0 saturated heterocycles. The van der Waals surface area contributed by atoms with Crippen LogP contribution in [0.5, 0.6) is 0 Å². The maximum Gasteiger partial charge on any atom is 0.0466 e. The minimum atomic E-state index is 0.929. The van der Waals surface area contributed by atoms with Gasteiger partial charge in [-0.2, -0.15) is 0 Å². The second-order valence-electron chi connectivity index (χ2n) is 3.89. The molecule has 0 aromatic carbocycles. The van der Waals surface area contributed by atoms with Crippen LogP contribution in [0.25, 0.3) is 0 Å². The molecule has 88 valence electrons. The topological polar surface area (TPSA) is 9.23 Å². The Labute approximate surface area is 95.2 Å². The minimum absolute atomic E-state index is 0.929. The van der Waals surface area contributed by atoms with Gasteiger partial charge in [-0.3, -0.25) is 0 Å². The number of allylic oxidation sites excluding steroid dienone is 2. The van der Waals surface area contributed by atoms with Crippen molar-refractivity contribution in [1.82, 2.24) is 0 Å². The Morgan fingerprint density at radius 3 is 1.53 bits per heavy atom. The van der Waals surface area contributed by atoms with Gasteiger partial charge in [-0.1, -0.05) is 25.0 Å². The van der Waals surface area contributed by atoms with E-state index >= 15 is 0 Å². The van der Waals surface area contributed by atoms with Gasteiger partial charge in [0.05, 0.1) is 0 Å². The van der Waals surface area contributed by atoms with E-state index in [1.54, 1.807) is 0 Å². The highest BCUT2D eigenvalue weighted by Gasteiger charge is 1.90. The third-order valence-electron chi connectivity index (χ3n) is 2.39. The summed E-state index contributed by atoms with van der Waals surface area (Å²) in [5.41, 5.74) is 0. The highest BCUT2D eigenvalue weighted by molar-refractivity contribution is 4.65. The Morgan fingerprint density at radius 1 is 0.667 bits per heavy atom. The molecule has 0 heterocycles. The average Bonchev–Trinajstić information content (AvgIpc) is 2.26. The smallest absolute Gasteiger partial charge is 0.0466 e. The summed E-state index contributed by atoms with van der Waals surface area (Å²) in [6.07, 6.45) is 13.7. The summed E-state index contributed by atoms with van der Waals surface area (Å²) in [6, 6.07) is 0. The van der Waals surface area contributed by atoms with Crippen molar-refractivity contribution in [3.05, 3.63) is 25.3 Å². The van der Waals surface area contributed by atoms with Crippen LogP contribution in [0.4, 0.5) is 0 Å². The Morgan fingerprint density at radius 2 is 1.13 bits per heavy atom. The van der Waals surface area contributed by atoms with Crippen LogP contribution in [-0.2, 0) is 4.74 Å². The number of rotatable bonds is 12. The normalized spacial score (nSPS) is 10.1. The van der Waals surface area contributed by atoms with Crippen molar-refractivity contribution >= 4 is 0 Å². The van der Waals surface area contributed by atoms with Crippen molar-refractivity contribution < 1.29 is 4.74 Å². The van der Waals surface area contributed by atoms with E-state index in [1.807, 2.05) is 12.2 Å². The molecule has 0 aromatic heterocycles. The minimum Gasteiger partial charge on any atom is -0.381 e. The van der Waals surface area contributed by atoms with Gasteiger partial charge in [0.1, 0.15) is 0 Å². The Hall–Kier alpha value is -0.560. The number of hydrogen-bond donors (Lipinski definition) is 0. The summed E-state index contributed by atoms with van der Waals surface area (Å²) in [6.45, 7) is 9.27. The van der Waals surface area contributed by atoms with Gasteiger partial charge in [0, 0.05) is 13.2 Å². The Bertz CT molecular complexity index is 124. The Kier molecular flexibility index (Phi) is 12.9. The van der Waals surface area contributed by atoms with E-state index in [0.29, 0.717) is 0 Å². The molecule has 0 atom stereocenters. The van der Waals surface area contributed by atoms with Gasteiger partial charge in [-0.15, -0.1) is 13.2 Å². The standard InChI is InChI=1S/C14H26O/c1-3-5-7-9-11-13-15-14-12-10-8-6-4-2/h3-4H,1-2,5-14H2. The first-order valence-corrected chi connectivity index (χ1v) is 6.21. The zero-order chi connectivity index (χ0) is 11.2. The van der Waals surface area contributed by atoms with Crippen LogP contribution in [0.2, 0.25) is 0 Å². The molecule has 0 fully saturated rings. The van der Waals surface area contributed by atoms with E-state index in [2.05, 4.69) is 13.2 Å². The second-order valence-corrected chi connectivity index (χ2v) is 3.89. The molecule has 0 rings (SSSR count). The van der Waals surface area contributed by atoms with Crippen LogP contribution in [0.15, 0.2) is 25.3 Å². The lowest BCUT2D eigenvalue weighted by molar-refractivity contribution is 0.126. The van der Waals surface area contributed by atoms with Crippen LogP contribution >= 0.6 is 0 Å². The first kappa shape index (κ1) is 14.4. The predicted molar refractivity (Wildman–Crippen MR) is 68.1 cm³/mol. The van der Waals surface area contributed by atoms with E-state index in [1.165, 1.54) is 38.5 Å². The molecule has 0 spiro atoms. The molecule has 0 aliphatic rings. The lowest BCUT2D eigenvalue weighted by Crippen LogP contribution is -1.96. The van der Waals surface area contributed by atoms with Crippen LogP contribution < -0.4 is 0 Å². The molecular formula is C14H26O. The fourth-order valence-electron chi connectivity index (χ4n) is 1.44. The summed E-state index contributed by atoms with van der Waals surface area (Å²) in [7, 11) is 0. The van der Waals surface area contributed by atoms with Crippen molar-refractivity contribution in [3.63, 3.8) is 0 Å². The summed E-state index contributed by atoms with van der Waals surface area (Å²) in [5.74, 6) is 0. The molecule has 0 bridgehead atoms. The molecule has 0 aliphatic carbocycles. The fraction of sp³-hybridized carbons (Fsp3) is 0.714. The van der Waals surface area contributed by atoms with E-state index in [4.69, 9.17) is 4.74 Å². The average molecular weight is 210 g/mol. The van der Waals surface area contributed by atoms with E-state index in [0.717, 1.165) is 26.1 Å². The quantitative estimate of drug-likeness (QED) is 0.340. The lowest BCUT2D eigenvalue weighted by atomic mass is 10.2. The summed E-state index contributed by atoms with van der Waals surface area (Å²) in [4.78, 5) is 0. The number of ether oxygens (including phenoxy) is 1. The monoisotopic (exact) mass is 210 g/mol. The molecule has 0 amide bonds. The van der Waals surface area contributed by atoms with Crippen molar-refractivity contribution in [3.8, 4) is 0 Å². The largest absolute Gasteiger partial charge is 0.381 e. The van der Waals surface area contributed by atoms with Crippen LogP contribution in [0, 0.1) is 0 Å². The maximum absolute atomic E-state index is 5.54. The van der Waals surface area contributed by atoms with Crippen LogP contribution in [0.3, 0.4) is 0 Å². The first-order chi connectivity index (χ1) is 7.41. The van der Waals surface area contributed by atoms with E-state index < -0.39 is 0 Å². The van der Waals surface area contributed by atoms with Crippen molar-refractivity contribution in [2.75, 3.05) is 13.2 Å². The third-order valence-corrected chi connectivity index (χ3v) is 2.39. The summed E-state index contributed by atoms with van der Waals surface area (Å²) in [5, 5.41) is 0. The van der Waals surface area contributed by atoms with Gasteiger partial charge in [0.15, 0.2) is 0 Å². The molecule has 1 heteroatoms. The van der Waals surface area contributed by atoms with Gasteiger partial charge >= 0.3 is 0 Å². The summed E-state index contributed by atoms with van der Waals surface area (Å²) >= 11 is 0. The number of hydrogen-bond acceptors (Lipinski definition) is 1. The fourth-order valence-corrected chi connectivity index (χ4v) is 1.44. The summed E-state index contributed by atoms with van der Waals surface area (Å²) < 4.78 is 5.54. The van der Waals surface area contributed by atoms with Gasteiger partial charge in [0.25, 0.3) is 0 Å². The van der Waals surface area contributed by atoms with Gasteiger partial charge in [-0.25, -0.2) is 0 Å². The highest BCUT2D eigenvalue weighted by Crippen LogP contribution is 2.02. The third kappa shape index (κ3) is 13.4. The molecule has 0 saturated carbocycles. The molecule has 0 radical (unpaired) electrons. The van der Waals surface area contributed by atoms with Crippen molar-refractivity contribution in [2.24, 2.45) is 0 Å². The van der Waals surface area contributed by atoms with Gasteiger partial charge in [0.2, 0.25) is 0 Å². The molecular weight excluding hydrogens is 184 g/mol. The SMILES string of the molecule is C=CCCCCCOCCCCCC=C. The lowest BCUT2D eigenvalue weighted by Gasteiger charge is -2.03. The van der Waals surface area contributed by atoms with Crippen LogP contribution in [0.1, 0.15) is 51.4 Å². The van der Waals surface area contributed by atoms with E-state index in [9.17, 15) is 0 Å². The van der Waals surface area contributed by atoms with Crippen molar-refractivity contribution in [2.45, 2.75) is 51.4 Å². The van der Waals surface area contributed by atoms with Gasteiger partial charge < -0.3 is 4.74 Å². The van der Waals surface area contributed by atoms with Crippen LogP contribution in [-0.4, -0.2) is 13.2 Å². The molecule has 0 unspecified atom stereocenters. The molecule has 0 aromatic rings. The molecule has 0 N–H and O–H groups in total. The highest BCUT2D eigenvalue weighted by atomic mass is 16.5. The second kappa shape index (κ2) is 13.4. The first-order valence-electron chi connectivity index (χ1n) is 6.21. The van der Waals surface area contributed by atoms with E-state index in [-0.39, 0.29) is 0 Å². The van der Waals surface area contributed by atoms with Gasteiger partial charge in [-0.05, 0) is 38.5 Å². The molecule has 0 aliphatic heterocycles. The zero-order valence-corrected chi connectivity index (χ0v) is 10.0. The number of unbranched alkanes of at least 4 members (excludes halogenated alkanes) is 6.